The molecule has 2 aliphatic heterocycles. The van der Waals surface area contributed by atoms with Gasteiger partial charge in [0.15, 0.2) is 0 Å². The van der Waals surface area contributed by atoms with Gasteiger partial charge in [0.05, 0.1) is 11.9 Å². The summed E-state index contributed by atoms with van der Waals surface area (Å²) < 4.78 is 31.7. The molecule has 2 aliphatic rings. The third-order valence-electron chi connectivity index (χ3n) is 3.93. The summed E-state index contributed by atoms with van der Waals surface area (Å²) in [7, 11) is -1.20. The zero-order chi connectivity index (χ0) is 13.0. The van der Waals surface area contributed by atoms with Gasteiger partial charge in [-0.05, 0) is 39.2 Å². The van der Waals surface area contributed by atoms with E-state index < -0.39 is 10.0 Å². The van der Waals surface area contributed by atoms with Crippen LogP contribution in [0.2, 0.25) is 0 Å². The van der Waals surface area contributed by atoms with E-state index in [9.17, 15) is 8.42 Å². The summed E-state index contributed by atoms with van der Waals surface area (Å²) in [4.78, 5) is 0. The first-order valence-electron chi connectivity index (χ1n) is 6.88. The van der Waals surface area contributed by atoms with E-state index in [0.717, 1.165) is 32.1 Å². The van der Waals surface area contributed by atoms with E-state index in [1.165, 1.54) is 0 Å². The van der Waals surface area contributed by atoms with Crippen LogP contribution in [0.25, 0.3) is 0 Å². The van der Waals surface area contributed by atoms with Crippen LogP contribution < -0.4 is 5.32 Å². The van der Waals surface area contributed by atoms with Crippen LogP contribution in [0.5, 0.6) is 0 Å². The topological polar surface area (TPSA) is 58.6 Å². The van der Waals surface area contributed by atoms with Crippen molar-refractivity contribution in [1.29, 1.82) is 0 Å². The number of sulfonamides is 1. The Hall–Kier alpha value is 0.120. The standard InChI is InChI=1S/C12H24N2O3S.ClH/c1-13-11-5-7-14(8-6-11)18(15,16)10-12-4-2-3-9-17-12;/h11-13H,2-10H2,1H3;1H. The van der Waals surface area contributed by atoms with Crippen molar-refractivity contribution in [3.63, 3.8) is 0 Å². The second-order valence-corrected chi connectivity index (χ2v) is 7.24. The van der Waals surface area contributed by atoms with E-state index in [-0.39, 0.29) is 24.3 Å². The second-order valence-electron chi connectivity index (χ2n) is 5.23. The van der Waals surface area contributed by atoms with Gasteiger partial charge >= 0.3 is 0 Å². The van der Waals surface area contributed by atoms with E-state index in [1.807, 2.05) is 7.05 Å². The molecule has 0 aromatic carbocycles. The Kier molecular flexibility index (Phi) is 7.04. The summed E-state index contributed by atoms with van der Waals surface area (Å²) in [5, 5.41) is 3.21. The first-order valence-corrected chi connectivity index (χ1v) is 8.49. The molecule has 2 fully saturated rings. The third-order valence-corrected chi connectivity index (χ3v) is 5.87. The molecular formula is C12H25ClN2O3S. The molecule has 2 saturated heterocycles. The van der Waals surface area contributed by atoms with Crippen LogP contribution in [0.3, 0.4) is 0 Å². The lowest BCUT2D eigenvalue weighted by Gasteiger charge is -2.32. The lowest BCUT2D eigenvalue weighted by atomic mass is 10.1. The molecule has 1 unspecified atom stereocenters. The van der Waals surface area contributed by atoms with E-state index in [4.69, 9.17) is 4.74 Å². The van der Waals surface area contributed by atoms with Gasteiger partial charge in [-0.1, -0.05) is 0 Å². The molecule has 19 heavy (non-hydrogen) atoms. The molecule has 0 radical (unpaired) electrons. The van der Waals surface area contributed by atoms with Gasteiger partial charge in [-0.3, -0.25) is 0 Å². The number of nitrogens with one attached hydrogen (secondary N) is 1. The molecule has 1 atom stereocenters. The van der Waals surface area contributed by atoms with Crippen molar-refractivity contribution >= 4 is 22.4 Å². The monoisotopic (exact) mass is 312 g/mol. The average Bonchev–Trinajstić information content (AvgIpc) is 2.39. The maximum Gasteiger partial charge on any atom is 0.216 e. The van der Waals surface area contributed by atoms with Crippen molar-refractivity contribution in [1.82, 2.24) is 9.62 Å². The van der Waals surface area contributed by atoms with Crippen LogP contribution in [0.1, 0.15) is 32.1 Å². The highest BCUT2D eigenvalue weighted by Gasteiger charge is 2.30. The molecular weight excluding hydrogens is 288 g/mol. The van der Waals surface area contributed by atoms with Crippen LogP contribution in [0.15, 0.2) is 0 Å². The van der Waals surface area contributed by atoms with Gasteiger partial charge in [0.1, 0.15) is 0 Å². The molecule has 0 aromatic heterocycles. The average molecular weight is 313 g/mol. The number of hydrogen-bond donors (Lipinski definition) is 1. The first kappa shape index (κ1) is 17.2. The van der Waals surface area contributed by atoms with Crippen molar-refractivity contribution in [2.24, 2.45) is 0 Å². The molecule has 0 aliphatic carbocycles. The van der Waals surface area contributed by atoms with Crippen molar-refractivity contribution in [2.75, 3.05) is 32.5 Å². The summed E-state index contributed by atoms with van der Waals surface area (Å²) in [6, 6.07) is 0.461. The Morgan fingerprint density at radius 3 is 2.42 bits per heavy atom. The van der Waals surface area contributed by atoms with Gasteiger partial charge in [0, 0.05) is 25.7 Å². The molecule has 114 valence electrons. The highest BCUT2D eigenvalue weighted by Crippen LogP contribution is 2.19. The van der Waals surface area contributed by atoms with E-state index >= 15 is 0 Å². The second kappa shape index (κ2) is 7.78. The molecule has 2 heterocycles. The Bertz CT molecular complexity index is 350. The summed E-state index contributed by atoms with van der Waals surface area (Å²) in [5.74, 6) is 0.164. The number of hydrogen-bond acceptors (Lipinski definition) is 4. The van der Waals surface area contributed by atoms with Crippen molar-refractivity contribution in [2.45, 2.75) is 44.2 Å². The van der Waals surface area contributed by atoms with Gasteiger partial charge in [-0.15, -0.1) is 12.4 Å². The van der Waals surface area contributed by atoms with Crippen LogP contribution in [-0.4, -0.2) is 57.4 Å². The molecule has 0 saturated carbocycles. The minimum atomic E-state index is -3.13. The maximum atomic E-state index is 12.3. The molecule has 5 nitrogen and oxygen atoms in total. The summed E-state index contributed by atoms with van der Waals surface area (Å²) in [5.41, 5.74) is 0. The van der Waals surface area contributed by atoms with Gasteiger partial charge in [-0.25, -0.2) is 12.7 Å². The Morgan fingerprint density at radius 2 is 1.89 bits per heavy atom. The Balaban J connectivity index is 0.00000180. The highest BCUT2D eigenvalue weighted by molar-refractivity contribution is 7.89. The molecule has 2 rings (SSSR count). The van der Waals surface area contributed by atoms with Gasteiger partial charge < -0.3 is 10.1 Å². The number of nitrogens with zero attached hydrogens (tertiary/aromatic N) is 1. The van der Waals surface area contributed by atoms with Crippen molar-refractivity contribution < 1.29 is 13.2 Å². The fraction of sp³-hybridized carbons (Fsp3) is 1.00. The largest absolute Gasteiger partial charge is 0.377 e. The lowest BCUT2D eigenvalue weighted by Crippen LogP contribution is -2.46. The minimum absolute atomic E-state index is 0. The molecule has 7 heteroatoms. The Labute approximate surface area is 122 Å². The zero-order valence-electron chi connectivity index (χ0n) is 11.5. The smallest absolute Gasteiger partial charge is 0.216 e. The van der Waals surface area contributed by atoms with Gasteiger partial charge in [0.25, 0.3) is 0 Å². The first-order chi connectivity index (χ1) is 8.62. The predicted octanol–water partition coefficient (Wildman–Crippen LogP) is 0.991. The van der Waals surface area contributed by atoms with Crippen molar-refractivity contribution in [3.8, 4) is 0 Å². The summed E-state index contributed by atoms with van der Waals surface area (Å²) in [6.45, 7) is 1.99. The minimum Gasteiger partial charge on any atom is -0.377 e. The van der Waals surface area contributed by atoms with Gasteiger partial charge in [-0.2, -0.15) is 0 Å². The number of rotatable bonds is 4. The molecule has 1 N–H and O–H groups in total. The van der Waals surface area contributed by atoms with Crippen LogP contribution in [0, 0.1) is 0 Å². The summed E-state index contributed by atoms with van der Waals surface area (Å²) in [6.07, 6.45) is 4.74. The lowest BCUT2D eigenvalue weighted by molar-refractivity contribution is 0.0298. The quantitative estimate of drug-likeness (QED) is 0.841. The Morgan fingerprint density at radius 1 is 1.21 bits per heavy atom. The maximum absolute atomic E-state index is 12.3. The highest BCUT2D eigenvalue weighted by atomic mass is 35.5. The van der Waals surface area contributed by atoms with E-state index in [0.29, 0.717) is 25.7 Å². The molecule has 0 bridgehead atoms. The third kappa shape index (κ3) is 4.86. The fourth-order valence-corrected chi connectivity index (χ4v) is 4.41. The normalized spacial score (nSPS) is 26.9. The van der Waals surface area contributed by atoms with E-state index in [1.54, 1.807) is 4.31 Å². The fourth-order valence-electron chi connectivity index (χ4n) is 2.70. The SMILES string of the molecule is CNC1CCN(S(=O)(=O)CC2CCCCO2)CC1.Cl. The zero-order valence-corrected chi connectivity index (χ0v) is 13.1. The molecule has 0 spiro atoms. The molecule has 0 amide bonds. The van der Waals surface area contributed by atoms with Crippen molar-refractivity contribution in [3.05, 3.63) is 0 Å². The molecule has 0 aromatic rings. The van der Waals surface area contributed by atoms with Gasteiger partial charge in [0.2, 0.25) is 10.0 Å². The van der Waals surface area contributed by atoms with Crippen LogP contribution in [-0.2, 0) is 14.8 Å². The van der Waals surface area contributed by atoms with Crippen LogP contribution in [0.4, 0.5) is 0 Å². The predicted molar refractivity (Wildman–Crippen MR) is 78.3 cm³/mol. The number of piperidine rings is 1. The van der Waals surface area contributed by atoms with E-state index in [2.05, 4.69) is 5.32 Å². The number of halogens is 1. The number of ether oxygens (including phenoxy) is 1. The summed E-state index contributed by atoms with van der Waals surface area (Å²) >= 11 is 0. The van der Waals surface area contributed by atoms with Crippen LogP contribution >= 0.6 is 12.4 Å².